The van der Waals surface area contributed by atoms with Crippen LogP contribution in [0.4, 0.5) is 8.78 Å². The number of sulfonamides is 1. The van der Waals surface area contributed by atoms with E-state index in [9.17, 15) is 13.2 Å². The topological polar surface area (TPSA) is 97.8 Å². The van der Waals surface area contributed by atoms with Gasteiger partial charge in [-0.2, -0.15) is 0 Å². The molecule has 1 aliphatic rings. The summed E-state index contributed by atoms with van der Waals surface area (Å²) in [4.78, 5) is 19.0. The molecule has 8 nitrogen and oxygen atoms in total. The fraction of sp³-hybridized carbons (Fsp3) is 0.471. The van der Waals surface area contributed by atoms with Crippen molar-refractivity contribution in [3.63, 3.8) is 0 Å². The van der Waals surface area contributed by atoms with Crippen molar-refractivity contribution in [2.24, 2.45) is 5.92 Å². The molecule has 0 unspecified atom stereocenters. The number of nitrogens with one attached hydrogen (secondary N) is 1. The Kier molecular flexibility index (Phi) is 10.5. The molecule has 1 N–H and O–H groups in total. The van der Waals surface area contributed by atoms with Crippen LogP contribution >= 0.6 is 0 Å². The van der Waals surface area contributed by atoms with Gasteiger partial charge in [-0.25, -0.2) is 22.2 Å². The lowest BCUT2D eigenvalue weighted by atomic mass is 9.80. The maximum Gasteiger partial charge on any atom is 0.271 e. The molecule has 1 heterocycles. The number of halogens is 2. The molecule has 1 fully saturated rings. The van der Waals surface area contributed by atoms with Crippen LogP contribution in [0.1, 0.15) is 70.1 Å². The van der Waals surface area contributed by atoms with E-state index in [0.29, 0.717) is 29.3 Å². The molecule has 0 spiro atoms. The number of benzene rings is 2. The highest BCUT2D eigenvalue weighted by Crippen LogP contribution is 2.50. The van der Waals surface area contributed by atoms with Crippen LogP contribution in [-0.2, 0) is 28.0 Å². The maximum absolute atomic E-state index is 16.0. The van der Waals surface area contributed by atoms with E-state index in [1.54, 1.807) is 35.1 Å². The van der Waals surface area contributed by atoms with E-state index < -0.39 is 33.3 Å². The summed E-state index contributed by atoms with van der Waals surface area (Å²) in [5.74, 6) is -1.75. The average molecular weight is 644 g/mol. The van der Waals surface area contributed by atoms with Crippen molar-refractivity contribution >= 4 is 15.9 Å². The molecule has 1 amide bonds. The molecule has 0 saturated heterocycles. The maximum atomic E-state index is 16.0. The molecule has 1 saturated carbocycles. The molecule has 1 aromatic heterocycles. The Labute approximate surface area is 265 Å². The summed E-state index contributed by atoms with van der Waals surface area (Å²) in [6.07, 6.45) is 3.47. The Balaban J connectivity index is 1.62. The Hall–Kier alpha value is -3.57. The highest BCUT2D eigenvalue weighted by molar-refractivity contribution is 7.89. The Morgan fingerprint density at radius 3 is 2.38 bits per heavy atom. The molecule has 11 heteroatoms. The van der Waals surface area contributed by atoms with Gasteiger partial charge in [0.05, 0.1) is 19.6 Å². The summed E-state index contributed by atoms with van der Waals surface area (Å²) in [7, 11) is -2.43. The van der Waals surface area contributed by atoms with Gasteiger partial charge < -0.3 is 9.47 Å². The number of amides is 1. The van der Waals surface area contributed by atoms with Gasteiger partial charge >= 0.3 is 0 Å². The first-order valence-electron chi connectivity index (χ1n) is 15.1. The molecule has 0 radical (unpaired) electrons. The Morgan fingerprint density at radius 2 is 1.78 bits per heavy atom. The van der Waals surface area contributed by atoms with Crippen molar-refractivity contribution < 1.29 is 31.5 Å². The number of aromatic nitrogens is 1. The first-order chi connectivity index (χ1) is 21.1. The zero-order valence-electron chi connectivity index (χ0n) is 26.9. The van der Waals surface area contributed by atoms with Gasteiger partial charge in [-0.3, -0.25) is 14.4 Å². The van der Waals surface area contributed by atoms with Gasteiger partial charge in [0.25, 0.3) is 5.91 Å². The highest BCUT2D eigenvalue weighted by Gasteiger charge is 2.50. The number of hydrogen-bond acceptors (Lipinski definition) is 7. The summed E-state index contributed by atoms with van der Waals surface area (Å²) in [6.45, 7) is 10.4. The smallest absolute Gasteiger partial charge is 0.271 e. The Bertz CT molecular complexity index is 1620. The van der Waals surface area contributed by atoms with Crippen molar-refractivity contribution in [2.75, 3.05) is 13.4 Å². The third kappa shape index (κ3) is 8.58. The number of alkyl halides is 1. The van der Waals surface area contributed by atoms with Crippen molar-refractivity contribution in [2.45, 2.75) is 84.3 Å². The standard InChI is InChI=1S/C34H43F2N3O5S/c1-21(2)39(22(3)4)19-26-15-23(11-14-28(26)29-17-31(43-6)37-18-30(29)35)20-44-27-10-8-9-25(16-27)32(24-12-13-24)34(5,36)33(40)38-45(7,41)42/h8-11,14-18,21-22,24,32H,12-13,19-20H2,1-7H3,(H,38,40)/t32-,34+/m0/s1. The lowest BCUT2D eigenvalue weighted by Crippen LogP contribution is -2.47. The second kappa shape index (κ2) is 13.8. The fourth-order valence-electron chi connectivity index (χ4n) is 5.86. The Morgan fingerprint density at radius 1 is 1.09 bits per heavy atom. The van der Waals surface area contributed by atoms with E-state index in [4.69, 9.17) is 9.47 Å². The summed E-state index contributed by atoms with van der Waals surface area (Å²) in [6, 6.07) is 14.8. The van der Waals surface area contributed by atoms with Gasteiger partial charge in [-0.15, -0.1) is 0 Å². The molecule has 3 aromatic rings. The van der Waals surface area contributed by atoms with E-state index >= 15 is 8.78 Å². The molecule has 1 aliphatic carbocycles. The third-order valence-corrected chi connectivity index (χ3v) is 8.76. The first-order valence-corrected chi connectivity index (χ1v) is 17.0. The van der Waals surface area contributed by atoms with Crippen LogP contribution in [0.2, 0.25) is 0 Å². The minimum Gasteiger partial charge on any atom is -0.489 e. The predicted molar refractivity (Wildman–Crippen MR) is 171 cm³/mol. The van der Waals surface area contributed by atoms with Crippen molar-refractivity contribution in [1.29, 1.82) is 0 Å². The largest absolute Gasteiger partial charge is 0.489 e. The van der Waals surface area contributed by atoms with Gasteiger partial charge in [0.1, 0.15) is 18.2 Å². The molecule has 244 valence electrons. The normalized spacial score (nSPS) is 15.6. The van der Waals surface area contributed by atoms with Crippen molar-refractivity contribution in [3.8, 4) is 22.8 Å². The molecule has 0 bridgehead atoms. The molecule has 2 atom stereocenters. The van der Waals surface area contributed by atoms with Crippen LogP contribution in [0.3, 0.4) is 0 Å². The number of methoxy groups -OCH3 is 1. The van der Waals surface area contributed by atoms with Crippen LogP contribution in [-0.4, -0.2) is 55.3 Å². The number of carbonyl (C=O) groups excluding carboxylic acids is 1. The van der Waals surface area contributed by atoms with Crippen LogP contribution in [0.15, 0.2) is 54.7 Å². The molecule has 2 aromatic carbocycles. The molecular formula is C34H43F2N3O5S. The zero-order chi connectivity index (χ0) is 33.1. The van der Waals surface area contributed by atoms with Crippen LogP contribution in [0.5, 0.6) is 11.6 Å². The highest BCUT2D eigenvalue weighted by atomic mass is 32.2. The lowest BCUT2D eigenvalue weighted by Gasteiger charge is -2.31. The minimum absolute atomic E-state index is 0.0901. The first kappa shape index (κ1) is 34.3. The number of nitrogens with zero attached hydrogens (tertiary/aromatic N) is 2. The lowest BCUT2D eigenvalue weighted by molar-refractivity contribution is -0.131. The summed E-state index contributed by atoms with van der Waals surface area (Å²) in [5.41, 5.74) is 1.01. The van der Waals surface area contributed by atoms with E-state index in [-0.39, 0.29) is 24.6 Å². The number of pyridine rings is 1. The number of ether oxygens (including phenoxy) is 2. The molecule has 0 aliphatic heterocycles. The van der Waals surface area contributed by atoms with E-state index in [1.807, 2.05) is 18.2 Å². The van der Waals surface area contributed by atoms with E-state index in [2.05, 4.69) is 37.6 Å². The van der Waals surface area contributed by atoms with Crippen molar-refractivity contribution in [3.05, 3.63) is 77.2 Å². The predicted octanol–water partition coefficient (Wildman–Crippen LogP) is 6.39. The number of carbonyl (C=O) groups is 1. The summed E-state index contributed by atoms with van der Waals surface area (Å²) in [5, 5.41) is 0. The molecule has 45 heavy (non-hydrogen) atoms. The van der Waals surface area contributed by atoms with Crippen LogP contribution in [0, 0.1) is 11.7 Å². The van der Waals surface area contributed by atoms with E-state index in [1.165, 1.54) is 7.11 Å². The fourth-order valence-corrected chi connectivity index (χ4v) is 6.39. The average Bonchev–Trinajstić information content (AvgIpc) is 3.79. The summed E-state index contributed by atoms with van der Waals surface area (Å²) >= 11 is 0. The number of rotatable bonds is 14. The van der Waals surface area contributed by atoms with Crippen molar-refractivity contribution in [1.82, 2.24) is 14.6 Å². The van der Waals surface area contributed by atoms with Gasteiger partial charge in [-0.05, 0) is 87.8 Å². The van der Waals surface area contributed by atoms with Gasteiger partial charge in [0.15, 0.2) is 5.67 Å². The van der Waals surface area contributed by atoms with Gasteiger partial charge in [0.2, 0.25) is 15.9 Å². The number of hydrogen-bond donors (Lipinski definition) is 1. The third-order valence-electron chi connectivity index (χ3n) is 8.20. The molecule has 4 rings (SSSR count). The van der Waals surface area contributed by atoms with Crippen LogP contribution < -0.4 is 14.2 Å². The second-order valence-electron chi connectivity index (χ2n) is 12.5. The zero-order valence-corrected chi connectivity index (χ0v) is 27.8. The summed E-state index contributed by atoms with van der Waals surface area (Å²) < 4.78 is 67.6. The van der Waals surface area contributed by atoms with Crippen LogP contribution in [0.25, 0.3) is 11.1 Å². The second-order valence-corrected chi connectivity index (χ2v) is 14.3. The van der Waals surface area contributed by atoms with E-state index in [0.717, 1.165) is 48.9 Å². The SMILES string of the molecule is COc1cc(-c2ccc(COc3cccc([C@H](C4CC4)[C@@](C)(F)C(=O)NS(C)(=O)=O)c3)cc2CN(C(C)C)C(C)C)c(F)cn1. The minimum atomic E-state index is -3.92. The van der Waals surface area contributed by atoms with Gasteiger partial charge in [0, 0.05) is 36.2 Å². The monoisotopic (exact) mass is 643 g/mol. The quantitative estimate of drug-likeness (QED) is 0.217. The molecular weight excluding hydrogens is 600 g/mol. The van der Waals surface area contributed by atoms with Gasteiger partial charge in [-0.1, -0.05) is 30.3 Å².